The third kappa shape index (κ3) is 5.67. The zero-order valence-corrected chi connectivity index (χ0v) is 26.0. The minimum atomic E-state index is -0.410. The Bertz CT molecular complexity index is 2320. The lowest BCUT2D eigenvalue weighted by Gasteiger charge is -2.15. The van der Waals surface area contributed by atoms with E-state index in [-0.39, 0.29) is 17.9 Å². The SMILES string of the molecule is COC(=O)c1ccc(-n2c(-c3ccccc3)cc(/C=N/NC(=O)Cn3c4ccccc4c(=O)c4ccccc43)c2-c2ccccc2)cc1. The lowest BCUT2D eigenvalue weighted by Crippen LogP contribution is -2.25. The van der Waals surface area contributed by atoms with Crippen molar-refractivity contribution in [3.05, 3.63) is 161 Å². The highest BCUT2D eigenvalue weighted by Crippen LogP contribution is 2.35. The summed E-state index contributed by atoms with van der Waals surface area (Å²) in [4.78, 5) is 38.7. The number of benzene rings is 5. The number of pyridine rings is 1. The lowest BCUT2D eigenvalue weighted by atomic mass is 10.1. The highest BCUT2D eigenvalue weighted by Gasteiger charge is 2.19. The summed E-state index contributed by atoms with van der Waals surface area (Å²) in [5, 5.41) is 5.52. The van der Waals surface area contributed by atoms with Crippen molar-refractivity contribution < 1.29 is 14.3 Å². The molecule has 0 saturated carbocycles. The minimum Gasteiger partial charge on any atom is -0.465 e. The van der Waals surface area contributed by atoms with Gasteiger partial charge in [0.1, 0.15) is 6.54 Å². The Morgan fingerprint density at radius 1 is 0.729 bits per heavy atom. The normalized spacial score (nSPS) is 11.3. The summed E-state index contributed by atoms with van der Waals surface area (Å²) in [6, 6.07) is 43.8. The maximum Gasteiger partial charge on any atom is 0.337 e. The molecule has 8 nitrogen and oxygen atoms in total. The van der Waals surface area contributed by atoms with Gasteiger partial charge in [0.25, 0.3) is 5.91 Å². The van der Waals surface area contributed by atoms with Crippen LogP contribution in [0, 0.1) is 0 Å². The van der Waals surface area contributed by atoms with E-state index in [1.165, 1.54) is 7.11 Å². The quantitative estimate of drug-likeness (QED) is 0.0831. The van der Waals surface area contributed by atoms with Crippen LogP contribution in [0.2, 0.25) is 0 Å². The Kier molecular flexibility index (Phi) is 8.20. The van der Waals surface area contributed by atoms with Crippen LogP contribution in [0.1, 0.15) is 15.9 Å². The molecule has 1 amide bonds. The molecule has 7 aromatic rings. The number of methoxy groups -OCH3 is 1. The highest BCUT2D eigenvalue weighted by molar-refractivity contribution is 5.96. The van der Waals surface area contributed by atoms with Crippen LogP contribution in [0.4, 0.5) is 0 Å². The second-order valence-electron chi connectivity index (χ2n) is 11.2. The van der Waals surface area contributed by atoms with Crippen molar-refractivity contribution in [1.29, 1.82) is 0 Å². The third-order valence-corrected chi connectivity index (χ3v) is 8.27. The highest BCUT2D eigenvalue weighted by atomic mass is 16.5. The van der Waals surface area contributed by atoms with E-state index in [2.05, 4.69) is 15.1 Å². The van der Waals surface area contributed by atoms with Crippen LogP contribution < -0.4 is 10.9 Å². The first-order chi connectivity index (χ1) is 23.5. The minimum absolute atomic E-state index is 0.0347. The molecule has 0 unspecified atom stereocenters. The molecular weight excluding hydrogens is 600 g/mol. The van der Waals surface area contributed by atoms with Crippen LogP contribution in [0.3, 0.4) is 0 Å². The van der Waals surface area contributed by atoms with E-state index < -0.39 is 5.97 Å². The van der Waals surface area contributed by atoms with Gasteiger partial charge in [-0.1, -0.05) is 84.9 Å². The maximum absolute atomic E-state index is 13.4. The standard InChI is InChI=1S/C40H30N4O4/c1-48-40(47)29-20-22-31(23-21-29)44-36(27-12-4-2-5-13-27)24-30(38(44)28-14-6-3-7-15-28)25-41-42-37(45)26-43-34-18-10-8-16-32(34)39(46)33-17-9-11-19-35(33)43/h2-25H,26H2,1H3,(H,42,45)/b41-25+. The number of ether oxygens (including phenoxy) is 1. The Balaban J connectivity index is 1.28. The van der Waals surface area contributed by atoms with E-state index in [1.54, 1.807) is 30.5 Å². The van der Waals surface area contributed by atoms with Crippen molar-refractivity contribution in [2.75, 3.05) is 7.11 Å². The number of fused-ring (bicyclic) bond motifs is 2. The fourth-order valence-electron chi connectivity index (χ4n) is 6.07. The van der Waals surface area contributed by atoms with Gasteiger partial charge in [0.15, 0.2) is 5.43 Å². The van der Waals surface area contributed by atoms with Crippen molar-refractivity contribution in [2.45, 2.75) is 6.54 Å². The van der Waals surface area contributed by atoms with E-state index in [9.17, 15) is 14.4 Å². The Hall–Kier alpha value is -6.54. The second-order valence-corrected chi connectivity index (χ2v) is 11.2. The van der Waals surface area contributed by atoms with E-state index in [0.717, 1.165) is 33.8 Å². The average molecular weight is 631 g/mol. The molecule has 0 aliphatic heterocycles. The molecule has 1 N–H and O–H groups in total. The van der Waals surface area contributed by atoms with E-state index >= 15 is 0 Å². The number of hydrogen-bond donors (Lipinski definition) is 1. The fraction of sp³-hybridized carbons (Fsp3) is 0.0500. The molecule has 0 radical (unpaired) electrons. The number of carbonyl (C=O) groups is 2. The third-order valence-electron chi connectivity index (χ3n) is 8.27. The number of nitrogens with zero attached hydrogens (tertiary/aromatic N) is 3. The molecule has 0 aliphatic carbocycles. The molecule has 0 aliphatic rings. The lowest BCUT2D eigenvalue weighted by molar-refractivity contribution is -0.121. The van der Waals surface area contributed by atoms with E-state index in [0.29, 0.717) is 27.4 Å². The summed E-state index contributed by atoms with van der Waals surface area (Å²) in [7, 11) is 1.36. The van der Waals surface area contributed by atoms with Crippen LogP contribution in [0.25, 0.3) is 50.0 Å². The summed E-state index contributed by atoms with van der Waals surface area (Å²) < 4.78 is 8.87. The van der Waals surface area contributed by atoms with Gasteiger partial charge in [-0.25, -0.2) is 10.2 Å². The van der Waals surface area contributed by atoms with Gasteiger partial charge in [-0.05, 0) is 65.7 Å². The topological polar surface area (TPSA) is 94.7 Å². The molecule has 8 heteroatoms. The van der Waals surface area contributed by atoms with Crippen LogP contribution in [0.5, 0.6) is 0 Å². The predicted octanol–water partition coefficient (Wildman–Crippen LogP) is 7.22. The Morgan fingerprint density at radius 3 is 1.90 bits per heavy atom. The molecule has 0 fully saturated rings. The van der Waals surface area contributed by atoms with E-state index in [4.69, 9.17) is 4.74 Å². The van der Waals surface area contributed by atoms with Gasteiger partial charge < -0.3 is 13.9 Å². The number of aromatic nitrogens is 2. The number of hydrogen-bond acceptors (Lipinski definition) is 5. The Morgan fingerprint density at radius 2 is 1.29 bits per heavy atom. The number of carbonyl (C=O) groups excluding carboxylic acids is 2. The van der Waals surface area contributed by atoms with Crippen molar-refractivity contribution in [3.63, 3.8) is 0 Å². The van der Waals surface area contributed by atoms with Gasteiger partial charge in [-0.15, -0.1) is 0 Å². The fourth-order valence-corrected chi connectivity index (χ4v) is 6.07. The number of rotatable bonds is 8. The molecule has 234 valence electrons. The summed E-state index contributed by atoms with van der Waals surface area (Å²) in [5.41, 5.74) is 9.73. The molecule has 48 heavy (non-hydrogen) atoms. The number of hydrazone groups is 1. The van der Waals surface area contributed by atoms with Gasteiger partial charge in [0.05, 0.1) is 41.3 Å². The van der Waals surface area contributed by atoms with Gasteiger partial charge >= 0.3 is 5.97 Å². The molecule has 7 rings (SSSR count). The molecule has 0 saturated heterocycles. The summed E-state index contributed by atoms with van der Waals surface area (Å²) in [6.07, 6.45) is 1.65. The number of nitrogens with one attached hydrogen (secondary N) is 1. The van der Waals surface area contributed by atoms with Crippen molar-refractivity contribution in [3.8, 4) is 28.2 Å². The monoisotopic (exact) mass is 630 g/mol. The second kappa shape index (κ2) is 13.1. The van der Waals surface area contributed by atoms with Gasteiger partial charge in [-0.3, -0.25) is 9.59 Å². The molecule has 0 atom stereocenters. The Labute approximate surface area is 276 Å². The van der Waals surface area contributed by atoms with Crippen LogP contribution >= 0.6 is 0 Å². The molecule has 5 aromatic carbocycles. The molecule has 2 heterocycles. The number of esters is 1. The first-order valence-corrected chi connectivity index (χ1v) is 15.4. The first-order valence-electron chi connectivity index (χ1n) is 15.4. The zero-order valence-electron chi connectivity index (χ0n) is 26.0. The van der Waals surface area contributed by atoms with Gasteiger partial charge in [0, 0.05) is 22.0 Å². The van der Waals surface area contributed by atoms with Crippen LogP contribution in [-0.2, 0) is 16.1 Å². The predicted molar refractivity (Wildman–Crippen MR) is 189 cm³/mol. The average Bonchev–Trinajstić information content (AvgIpc) is 3.53. The molecule has 0 bridgehead atoms. The van der Waals surface area contributed by atoms with Crippen molar-refractivity contribution in [2.24, 2.45) is 5.10 Å². The summed E-state index contributed by atoms with van der Waals surface area (Å²) in [6.45, 7) is -0.0347. The first kappa shape index (κ1) is 30.1. The van der Waals surface area contributed by atoms with Crippen molar-refractivity contribution >= 4 is 39.9 Å². The number of amides is 1. The molecular formula is C40H30N4O4. The molecule has 2 aromatic heterocycles. The van der Waals surface area contributed by atoms with E-state index in [1.807, 2.05) is 120 Å². The maximum atomic E-state index is 13.4. The zero-order chi connectivity index (χ0) is 33.0. The van der Waals surface area contributed by atoms with Crippen LogP contribution in [-0.4, -0.2) is 34.3 Å². The van der Waals surface area contributed by atoms with Gasteiger partial charge in [0.2, 0.25) is 0 Å². The van der Waals surface area contributed by atoms with Crippen molar-refractivity contribution in [1.82, 2.24) is 14.6 Å². The largest absolute Gasteiger partial charge is 0.465 e. The van der Waals surface area contributed by atoms with Crippen LogP contribution in [0.15, 0.2) is 149 Å². The van der Waals surface area contributed by atoms with Gasteiger partial charge in [-0.2, -0.15) is 5.10 Å². The smallest absolute Gasteiger partial charge is 0.337 e. The summed E-state index contributed by atoms with van der Waals surface area (Å²) >= 11 is 0. The number of para-hydroxylation sites is 2. The molecule has 0 spiro atoms. The summed E-state index contributed by atoms with van der Waals surface area (Å²) in [5.74, 6) is -0.750.